The number of hydrogen-bond donors (Lipinski definition) is 1. The molecule has 80 valence electrons. The Bertz CT molecular complexity index is 260. The molecule has 0 bridgehead atoms. The first-order chi connectivity index (χ1) is 6.49. The lowest BCUT2D eigenvalue weighted by atomic mass is 10.3. The summed E-state index contributed by atoms with van der Waals surface area (Å²) in [6, 6.07) is 3.44. The van der Waals surface area contributed by atoms with Gasteiger partial charge < -0.3 is 0 Å². The van der Waals surface area contributed by atoms with Gasteiger partial charge in [-0.1, -0.05) is 6.07 Å². The van der Waals surface area contributed by atoms with Gasteiger partial charge in [-0.3, -0.25) is 4.84 Å². The highest BCUT2D eigenvalue weighted by atomic mass is 32.1. The van der Waals surface area contributed by atoms with Gasteiger partial charge in [-0.15, -0.1) is 11.3 Å². The maximum atomic E-state index is 11.7. The number of rotatable bonds is 4. The first-order valence-corrected chi connectivity index (χ1v) is 4.84. The zero-order chi connectivity index (χ0) is 10.6. The second kappa shape index (κ2) is 4.77. The van der Waals surface area contributed by atoms with Crippen LogP contribution in [-0.2, 0) is 4.84 Å². The first-order valence-electron chi connectivity index (χ1n) is 3.96. The van der Waals surface area contributed by atoms with Gasteiger partial charge in [0, 0.05) is 4.88 Å². The van der Waals surface area contributed by atoms with E-state index in [1.54, 1.807) is 6.92 Å². The second-order valence-electron chi connectivity index (χ2n) is 2.76. The topological polar surface area (TPSA) is 21.3 Å². The maximum absolute atomic E-state index is 11.7. The minimum absolute atomic E-state index is 0.225. The van der Waals surface area contributed by atoms with Gasteiger partial charge >= 0.3 is 6.18 Å². The van der Waals surface area contributed by atoms with Crippen LogP contribution in [0.15, 0.2) is 17.5 Å². The molecule has 0 fully saturated rings. The summed E-state index contributed by atoms with van der Waals surface area (Å²) in [7, 11) is 0. The molecule has 1 rings (SSSR count). The zero-order valence-electron chi connectivity index (χ0n) is 7.47. The largest absolute Gasteiger partial charge is 0.413 e. The van der Waals surface area contributed by atoms with Crippen LogP contribution in [-0.4, -0.2) is 12.8 Å². The summed E-state index contributed by atoms with van der Waals surface area (Å²) < 4.78 is 35.1. The SMILES string of the molecule is CC(NOCC(F)(F)F)c1cccs1. The molecule has 0 spiro atoms. The molecule has 1 atom stereocenters. The molecule has 0 aliphatic heterocycles. The Balaban J connectivity index is 2.26. The Morgan fingerprint density at radius 2 is 2.29 bits per heavy atom. The van der Waals surface area contributed by atoms with Gasteiger partial charge in [-0.25, -0.2) is 0 Å². The molecule has 1 aromatic rings. The van der Waals surface area contributed by atoms with Crippen LogP contribution in [0.5, 0.6) is 0 Å². The van der Waals surface area contributed by atoms with Crippen molar-refractivity contribution < 1.29 is 18.0 Å². The first kappa shape index (κ1) is 11.5. The van der Waals surface area contributed by atoms with E-state index in [0.29, 0.717) is 0 Å². The number of alkyl halides is 3. The molecule has 1 heterocycles. The quantitative estimate of drug-likeness (QED) is 0.795. The minimum Gasteiger partial charge on any atom is -0.292 e. The minimum atomic E-state index is -4.29. The number of thiophene rings is 1. The molecule has 1 unspecified atom stereocenters. The van der Waals surface area contributed by atoms with E-state index in [1.165, 1.54) is 11.3 Å². The third-order valence-electron chi connectivity index (χ3n) is 1.47. The van der Waals surface area contributed by atoms with Crippen LogP contribution in [0.3, 0.4) is 0 Å². The van der Waals surface area contributed by atoms with Crippen molar-refractivity contribution >= 4 is 11.3 Å². The standard InChI is InChI=1S/C8H10F3NOS/c1-6(7-3-2-4-14-7)12-13-5-8(9,10)11/h2-4,6,12H,5H2,1H3. The summed E-state index contributed by atoms with van der Waals surface area (Å²) in [6.45, 7) is 0.463. The Hall–Kier alpha value is -0.590. The van der Waals surface area contributed by atoms with Gasteiger partial charge in [0.05, 0.1) is 6.04 Å². The van der Waals surface area contributed by atoms with Crippen molar-refractivity contribution in [2.75, 3.05) is 6.61 Å². The maximum Gasteiger partial charge on any atom is 0.413 e. The number of hydroxylamine groups is 1. The molecule has 0 aliphatic carbocycles. The van der Waals surface area contributed by atoms with Crippen molar-refractivity contribution in [3.05, 3.63) is 22.4 Å². The predicted molar refractivity (Wildman–Crippen MR) is 47.9 cm³/mol. The molecular weight excluding hydrogens is 215 g/mol. The van der Waals surface area contributed by atoms with Crippen LogP contribution in [0.4, 0.5) is 13.2 Å². The molecule has 6 heteroatoms. The number of nitrogens with one attached hydrogen (secondary N) is 1. The molecule has 0 aromatic carbocycles. The van der Waals surface area contributed by atoms with Gasteiger partial charge in [0.1, 0.15) is 0 Å². The summed E-state index contributed by atoms with van der Waals surface area (Å²) in [5.74, 6) is 0. The normalized spacial score (nSPS) is 14.3. The molecule has 14 heavy (non-hydrogen) atoms. The van der Waals surface area contributed by atoms with Gasteiger partial charge in [-0.2, -0.15) is 18.7 Å². The molecule has 1 N–H and O–H groups in total. The van der Waals surface area contributed by atoms with E-state index in [1.807, 2.05) is 17.5 Å². The molecule has 0 aliphatic rings. The van der Waals surface area contributed by atoms with Crippen molar-refractivity contribution in [3.63, 3.8) is 0 Å². The summed E-state index contributed by atoms with van der Waals surface area (Å²) in [6.07, 6.45) is -4.29. The van der Waals surface area contributed by atoms with E-state index < -0.39 is 12.8 Å². The summed E-state index contributed by atoms with van der Waals surface area (Å²) in [5, 5.41) is 1.86. The van der Waals surface area contributed by atoms with Crippen LogP contribution in [0, 0.1) is 0 Å². The van der Waals surface area contributed by atoms with E-state index in [0.717, 1.165) is 4.88 Å². The summed E-state index contributed by atoms with van der Waals surface area (Å²) >= 11 is 1.47. The molecule has 1 aromatic heterocycles. The Morgan fingerprint density at radius 3 is 2.79 bits per heavy atom. The fourth-order valence-electron chi connectivity index (χ4n) is 0.844. The summed E-state index contributed by atoms with van der Waals surface area (Å²) in [5.41, 5.74) is 2.33. The van der Waals surface area contributed by atoms with E-state index >= 15 is 0 Å². The number of halogens is 3. The lowest BCUT2D eigenvalue weighted by Crippen LogP contribution is -2.26. The van der Waals surface area contributed by atoms with Gasteiger partial charge in [-0.05, 0) is 18.4 Å². The zero-order valence-corrected chi connectivity index (χ0v) is 8.28. The molecule has 0 saturated heterocycles. The van der Waals surface area contributed by atoms with Gasteiger partial charge in [0.25, 0.3) is 0 Å². The Morgan fingerprint density at radius 1 is 1.57 bits per heavy atom. The third-order valence-corrected chi connectivity index (χ3v) is 2.52. The van der Waals surface area contributed by atoms with E-state index in [-0.39, 0.29) is 6.04 Å². The third kappa shape index (κ3) is 4.08. The molecular formula is C8H10F3NOS. The van der Waals surface area contributed by atoms with Gasteiger partial charge in [0.15, 0.2) is 6.61 Å². The van der Waals surface area contributed by atoms with Crippen molar-refractivity contribution in [3.8, 4) is 0 Å². The molecule has 0 saturated carbocycles. The van der Waals surface area contributed by atoms with Gasteiger partial charge in [0.2, 0.25) is 0 Å². The summed E-state index contributed by atoms with van der Waals surface area (Å²) in [4.78, 5) is 5.25. The van der Waals surface area contributed by atoms with Crippen LogP contribution < -0.4 is 5.48 Å². The smallest absolute Gasteiger partial charge is 0.292 e. The van der Waals surface area contributed by atoms with E-state index in [9.17, 15) is 13.2 Å². The Kier molecular flexibility index (Phi) is 3.91. The monoisotopic (exact) mass is 225 g/mol. The van der Waals surface area contributed by atoms with Crippen LogP contribution >= 0.6 is 11.3 Å². The van der Waals surface area contributed by atoms with Crippen molar-refractivity contribution in [2.45, 2.75) is 19.1 Å². The Labute approximate surface area is 83.6 Å². The van der Waals surface area contributed by atoms with Crippen LogP contribution in [0.25, 0.3) is 0 Å². The highest BCUT2D eigenvalue weighted by Crippen LogP contribution is 2.19. The van der Waals surface area contributed by atoms with E-state index in [4.69, 9.17) is 0 Å². The lowest BCUT2D eigenvalue weighted by molar-refractivity contribution is -0.192. The highest BCUT2D eigenvalue weighted by molar-refractivity contribution is 7.10. The van der Waals surface area contributed by atoms with Crippen molar-refractivity contribution in [2.24, 2.45) is 0 Å². The lowest BCUT2D eigenvalue weighted by Gasteiger charge is -2.13. The highest BCUT2D eigenvalue weighted by Gasteiger charge is 2.28. The average molecular weight is 225 g/mol. The molecule has 0 amide bonds. The predicted octanol–water partition coefficient (Wildman–Crippen LogP) is 2.89. The number of hydrogen-bond acceptors (Lipinski definition) is 3. The van der Waals surface area contributed by atoms with Crippen molar-refractivity contribution in [1.82, 2.24) is 5.48 Å². The fraction of sp³-hybridized carbons (Fsp3) is 0.500. The second-order valence-corrected chi connectivity index (χ2v) is 3.74. The molecule has 2 nitrogen and oxygen atoms in total. The molecule has 0 radical (unpaired) electrons. The average Bonchev–Trinajstić information content (AvgIpc) is 2.53. The van der Waals surface area contributed by atoms with Crippen LogP contribution in [0.1, 0.15) is 17.8 Å². The van der Waals surface area contributed by atoms with E-state index in [2.05, 4.69) is 10.3 Å². The van der Waals surface area contributed by atoms with Crippen molar-refractivity contribution in [1.29, 1.82) is 0 Å². The fourth-order valence-corrected chi connectivity index (χ4v) is 1.57. The van der Waals surface area contributed by atoms with Crippen LogP contribution in [0.2, 0.25) is 0 Å².